The minimum Gasteiger partial charge on any atom is -0.496 e. The summed E-state index contributed by atoms with van der Waals surface area (Å²) in [4.78, 5) is 17.6. The average Bonchev–Trinajstić information content (AvgIpc) is 2.66. The van der Waals surface area contributed by atoms with Crippen LogP contribution in [0.3, 0.4) is 0 Å². The molecule has 146 valence electrons. The van der Waals surface area contributed by atoms with Crippen molar-refractivity contribution in [3.63, 3.8) is 0 Å². The van der Waals surface area contributed by atoms with E-state index in [1.54, 1.807) is 29.1 Å². The molecule has 1 aliphatic carbocycles. The highest BCUT2D eigenvalue weighted by atomic mass is 35.5. The van der Waals surface area contributed by atoms with E-state index in [2.05, 4.69) is 4.98 Å². The molecule has 0 bridgehead atoms. The highest BCUT2D eigenvalue weighted by Crippen LogP contribution is 2.42. The number of hydrogen-bond acceptors (Lipinski definition) is 4. The van der Waals surface area contributed by atoms with E-state index in [1.165, 1.54) is 13.2 Å². The van der Waals surface area contributed by atoms with E-state index >= 15 is 0 Å². The summed E-state index contributed by atoms with van der Waals surface area (Å²) in [6.45, 7) is 1.93. The third kappa shape index (κ3) is 2.88. The molecule has 0 saturated heterocycles. The molecule has 0 amide bonds. The number of halogens is 2. The van der Waals surface area contributed by atoms with Crippen LogP contribution in [0.15, 0.2) is 35.4 Å². The van der Waals surface area contributed by atoms with Crippen molar-refractivity contribution < 1.29 is 9.13 Å². The third-order valence-corrected chi connectivity index (χ3v) is 5.77. The summed E-state index contributed by atoms with van der Waals surface area (Å²) < 4.78 is 21.7. The zero-order valence-electron chi connectivity index (χ0n) is 15.7. The summed E-state index contributed by atoms with van der Waals surface area (Å²) in [6.07, 6.45) is 3.61. The molecule has 28 heavy (non-hydrogen) atoms. The zero-order chi connectivity index (χ0) is 20.0. The molecule has 0 unspecified atom stereocenters. The molecule has 2 N–H and O–H groups in total. The molecule has 7 heteroatoms. The van der Waals surface area contributed by atoms with Gasteiger partial charge in [0.15, 0.2) is 0 Å². The quantitative estimate of drug-likeness (QED) is 0.714. The number of nitrogens with zero attached hydrogens (tertiary/aromatic N) is 2. The highest BCUT2D eigenvalue weighted by Gasteiger charge is 2.29. The van der Waals surface area contributed by atoms with Gasteiger partial charge in [-0.2, -0.15) is 0 Å². The topological polar surface area (TPSA) is 70.1 Å². The molecule has 3 aromatic rings. The van der Waals surface area contributed by atoms with E-state index in [1.807, 2.05) is 6.92 Å². The van der Waals surface area contributed by atoms with Crippen LogP contribution in [0.25, 0.3) is 22.0 Å². The first-order valence-electron chi connectivity index (χ1n) is 9.26. The smallest absolute Gasteiger partial charge is 0.261 e. The molecule has 1 aromatic heterocycles. The predicted molar refractivity (Wildman–Crippen MR) is 109 cm³/mol. The molecule has 1 aliphatic rings. The van der Waals surface area contributed by atoms with Gasteiger partial charge in [0.25, 0.3) is 5.56 Å². The minimum absolute atomic E-state index is 0.0644. The number of rotatable bonds is 4. The Bertz CT molecular complexity index is 1120. The van der Waals surface area contributed by atoms with Crippen molar-refractivity contribution in [1.82, 2.24) is 9.55 Å². The lowest BCUT2D eigenvalue weighted by Gasteiger charge is -2.33. The summed E-state index contributed by atoms with van der Waals surface area (Å²) in [5.41, 5.74) is 7.77. The fourth-order valence-electron chi connectivity index (χ4n) is 3.96. The van der Waals surface area contributed by atoms with Gasteiger partial charge in [-0.3, -0.25) is 9.36 Å². The summed E-state index contributed by atoms with van der Waals surface area (Å²) in [7, 11) is 1.49. The maximum absolute atomic E-state index is 14.7. The van der Waals surface area contributed by atoms with Gasteiger partial charge in [0, 0.05) is 22.7 Å². The summed E-state index contributed by atoms with van der Waals surface area (Å²) in [5.74, 6) is -0.0557. The molecule has 0 atom stereocenters. The van der Waals surface area contributed by atoms with Crippen LogP contribution in [0.1, 0.15) is 31.4 Å². The number of hydrogen-bond donors (Lipinski definition) is 1. The second-order valence-corrected chi connectivity index (χ2v) is 7.53. The lowest BCUT2D eigenvalue weighted by atomic mass is 9.87. The first-order chi connectivity index (χ1) is 13.5. The molecule has 0 aliphatic heterocycles. The molecule has 4 rings (SSSR count). The van der Waals surface area contributed by atoms with Crippen molar-refractivity contribution in [2.75, 3.05) is 7.11 Å². The molecule has 1 saturated carbocycles. The van der Waals surface area contributed by atoms with Crippen LogP contribution >= 0.6 is 11.6 Å². The number of benzene rings is 2. The van der Waals surface area contributed by atoms with Gasteiger partial charge in [0.05, 0.1) is 29.9 Å². The predicted octanol–water partition coefficient (Wildman–Crippen LogP) is 4.09. The van der Waals surface area contributed by atoms with Crippen molar-refractivity contribution in [2.24, 2.45) is 5.73 Å². The fourth-order valence-corrected chi connectivity index (χ4v) is 4.28. The van der Waals surface area contributed by atoms with Crippen molar-refractivity contribution in [3.05, 3.63) is 57.3 Å². The number of methoxy groups -OCH3 is 1. The fraction of sp³-hybridized carbons (Fsp3) is 0.333. The lowest BCUT2D eigenvalue weighted by molar-refractivity contribution is 0.260. The van der Waals surface area contributed by atoms with Crippen LogP contribution in [-0.4, -0.2) is 22.7 Å². The molecule has 0 spiro atoms. The Morgan fingerprint density at radius 3 is 2.75 bits per heavy atom. The Balaban J connectivity index is 1.99. The average molecular weight is 402 g/mol. The van der Waals surface area contributed by atoms with Crippen LogP contribution in [0.2, 0.25) is 5.02 Å². The van der Waals surface area contributed by atoms with Gasteiger partial charge in [-0.1, -0.05) is 24.6 Å². The Morgan fingerprint density at radius 1 is 1.36 bits per heavy atom. The van der Waals surface area contributed by atoms with E-state index in [9.17, 15) is 9.18 Å². The third-order valence-electron chi connectivity index (χ3n) is 5.47. The monoisotopic (exact) mass is 401 g/mol. The largest absolute Gasteiger partial charge is 0.496 e. The van der Waals surface area contributed by atoms with Crippen LogP contribution in [0.5, 0.6) is 5.75 Å². The Kier molecular flexibility index (Phi) is 4.85. The van der Waals surface area contributed by atoms with E-state index < -0.39 is 5.82 Å². The van der Waals surface area contributed by atoms with Gasteiger partial charge < -0.3 is 10.5 Å². The van der Waals surface area contributed by atoms with E-state index in [4.69, 9.17) is 22.1 Å². The van der Waals surface area contributed by atoms with Gasteiger partial charge in [-0.05, 0) is 43.0 Å². The number of ether oxygens (including phenoxy) is 1. The van der Waals surface area contributed by atoms with Crippen LogP contribution < -0.4 is 16.0 Å². The minimum atomic E-state index is -0.438. The van der Waals surface area contributed by atoms with Crippen molar-refractivity contribution in [3.8, 4) is 16.9 Å². The van der Waals surface area contributed by atoms with E-state index in [-0.39, 0.29) is 23.2 Å². The SMILES string of the molecule is CCc1c(-c2c(F)cccc2OC)c(Cl)cc2c(=O)n(C3CC(N)C3)cnc12. The van der Waals surface area contributed by atoms with Gasteiger partial charge in [-0.15, -0.1) is 0 Å². The first-order valence-corrected chi connectivity index (χ1v) is 9.64. The molecule has 1 heterocycles. The molecular weight excluding hydrogens is 381 g/mol. The van der Waals surface area contributed by atoms with Crippen LogP contribution in [0.4, 0.5) is 4.39 Å². The normalized spacial score (nSPS) is 18.9. The first kappa shape index (κ1) is 18.9. The second kappa shape index (κ2) is 7.18. The molecular formula is C21H21ClFN3O2. The Labute approximate surface area is 166 Å². The van der Waals surface area contributed by atoms with E-state index in [0.717, 1.165) is 18.4 Å². The highest BCUT2D eigenvalue weighted by molar-refractivity contribution is 6.34. The van der Waals surface area contributed by atoms with Gasteiger partial charge in [-0.25, -0.2) is 9.37 Å². The summed E-state index contributed by atoms with van der Waals surface area (Å²) >= 11 is 6.58. The van der Waals surface area contributed by atoms with Crippen LogP contribution in [0, 0.1) is 5.82 Å². The maximum atomic E-state index is 14.7. The zero-order valence-corrected chi connectivity index (χ0v) is 16.5. The number of nitrogens with two attached hydrogens (primary N) is 1. The molecule has 1 fully saturated rings. The number of aryl methyl sites for hydroxylation is 1. The lowest BCUT2D eigenvalue weighted by Crippen LogP contribution is -2.41. The van der Waals surface area contributed by atoms with Gasteiger partial charge in [0.2, 0.25) is 0 Å². The van der Waals surface area contributed by atoms with Gasteiger partial charge >= 0.3 is 0 Å². The van der Waals surface area contributed by atoms with Crippen molar-refractivity contribution in [2.45, 2.75) is 38.3 Å². The molecule has 5 nitrogen and oxygen atoms in total. The van der Waals surface area contributed by atoms with Crippen molar-refractivity contribution >= 4 is 22.5 Å². The summed E-state index contributed by atoms with van der Waals surface area (Å²) in [6, 6.07) is 6.40. The number of fused-ring (bicyclic) bond motifs is 1. The maximum Gasteiger partial charge on any atom is 0.261 e. The Morgan fingerprint density at radius 2 is 2.11 bits per heavy atom. The van der Waals surface area contributed by atoms with E-state index in [0.29, 0.717) is 33.7 Å². The molecule has 2 aromatic carbocycles. The van der Waals surface area contributed by atoms with Crippen LogP contribution in [-0.2, 0) is 6.42 Å². The molecule has 0 radical (unpaired) electrons. The number of aromatic nitrogens is 2. The Hall–Kier alpha value is -2.44. The second-order valence-electron chi connectivity index (χ2n) is 7.12. The standard InChI is InChI=1S/C21H21ClFN3O2/c1-3-13-18(19-16(23)5-4-6-17(19)28-2)15(22)9-14-20(13)25-10-26(21(14)27)12-7-11(24)8-12/h4-6,9-12H,3,7-8,24H2,1-2H3. The van der Waals surface area contributed by atoms with Gasteiger partial charge in [0.1, 0.15) is 11.6 Å². The summed E-state index contributed by atoms with van der Waals surface area (Å²) in [5, 5.41) is 0.735. The van der Waals surface area contributed by atoms with Crippen molar-refractivity contribution in [1.29, 1.82) is 0 Å².